The molecule has 3 N–H and O–H groups in total. The molecular weight excluding hydrogens is 366 g/mol. The molecule has 1 amide bonds. The van der Waals surface area contributed by atoms with Gasteiger partial charge in [-0.2, -0.15) is 0 Å². The van der Waals surface area contributed by atoms with Crippen LogP contribution in [0.5, 0.6) is 0 Å². The summed E-state index contributed by atoms with van der Waals surface area (Å²) in [6.45, 7) is 3.81. The molecule has 3 rings (SSSR count). The lowest BCUT2D eigenvalue weighted by Gasteiger charge is -2.16. The summed E-state index contributed by atoms with van der Waals surface area (Å²) >= 11 is 0. The van der Waals surface area contributed by atoms with Gasteiger partial charge in [-0.05, 0) is 31.0 Å². The molecule has 148 valence electrons. The summed E-state index contributed by atoms with van der Waals surface area (Å²) in [4.78, 5) is 23.5. The Hall–Kier alpha value is -3.51. The maximum absolute atomic E-state index is 12.6. The van der Waals surface area contributed by atoms with E-state index in [0.717, 1.165) is 22.3 Å². The Bertz CT molecular complexity index is 965. The zero-order valence-electron chi connectivity index (χ0n) is 16.5. The lowest BCUT2D eigenvalue weighted by molar-refractivity contribution is -0.676. The number of benzene rings is 3. The zero-order chi connectivity index (χ0) is 20.8. The molecule has 0 aliphatic heterocycles. The molecule has 29 heavy (non-hydrogen) atoms. The summed E-state index contributed by atoms with van der Waals surface area (Å²) in [7, 11) is 0. The molecule has 0 atom stereocenters. The summed E-state index contributed by atoms with van der Waals surface area (Å²) in [6.07, 6.45) is 0. The molecule has 0 aliphatic rings. The largest absolute Gasteiger partial charge is 0.328 e. The number of carbonyl (C=O) groups excluding carboxylic acids is 1. The highest BCUT2D eigenvalue weighted by Crippen LogP contribution is 2.27. The van der Waals surface area contributed by atoms with Crippen molar-refractivity contribution in [2.45, 2.75) is 19.9 Å². The second-order valence-corrected chi connectivity index (χ2v) is 7.00. The highest BCUT2D eigenvalue weighted by molar-refractivity contribution is 5.94. The molecule has 0 unspecified atom stereocenters. The van der Waals surface area contributed by atoms with Crippen LogP contribution in [0.4, 0.5) is 11.4 Å². The van der Waals surface area contributed by atoms with Gasteiger partial charge in [0.2, 0.25) is 0 Å². The maximum atomic E-state index is 12.6. The molecule has 0 saturated carbocycles. The number of quaternary nitrogens is 1. The van der Waals surface area contributed by atoms with Crippen molar-refractivity contribution in [1.29, 1.82) is 0 Å². The van der Waals surface area contributed by atoms with Crippen LogP contribution in [-0.2, 0) is 4.79 Å². The fraction of sp³-hybridized carbons (Fsp3) is 0.174. The van der Waals surface area contributed by atoms with E-state index in [1.165, 1.54) is 6.07 Å². The number of rotatable bonds is 7. The molecule has 0 aromatic heterocycles. The van der Waals surface area contributed by atoms with Crippen molar-refractivity contribution in [1.82, 2.24) is 0 Å². The van der Waals surface area contributed by atoms with E-state index < -0.39 is 4.92 Å². The maximum Gasteiger partial charge on any atom is 0.293 e. The highest BCUT2D eigenvalue weighted by Gasteiger charge is 2.21. The standard InChI is InChI=1S/C23H23N3O3/c1-16-13-20(21(26(28)29)14-17(16)2)25-22(27)15-24-23(18-9-5-3-6-10-18)19-11-7-4-8-12-19/h3-14,23-24H,15H2,1-2H3,(H,25,27)/p+1. The van der Waals surface area contributed by atoms with Gasteiger partial charge >= 0.3 is 0 Å². The minimum atomic E-state index is -0.470. The van der Waals surface area contributed by atoms with Crippen molar-refractivity contribution in [3.63, 3.8) is 0 Å². The first-order chi connectivity index (χ1) is 14.0. The lowest BCUT2D eigenvalue weighted by atomic mass is 9.99. The van der Waals surface area contributed by atoms with Gasteiger partial charge in [0.1, 0.15) is 11.7 Å². The van der Waals surface area contributed by atoms with Crippen LogP contribution >= 0.6 is 0 Å². The summed E-state index contributed by atoms with van der Waals surface area (Å²) in [5.74, 6) is -0.284. The van der Waals surface area contributed by atoms with Crippen molar-refractivity contribution in [3.05, 3.63) is 105 Å². The smallest absolute Gasteiger partial charge is 0.293 e. The Morgan fingerprint density at radius 2 is 1.48 bits per heavy atom. The second-order valence-electron chi connectivity index (χ2n) is 7.00. The number of amides is 1. The quantitative estimate of drug-likeness (QED) is 0.478. The number of hydrogen-bond donors (Lipinski definition) is 2. The molecule has 6 nitrogen and oxygen atoms in total. The molecule has 3 aromatic carbocycles. The van der Waals surface area contributed by atoms with Crippen molar-refractivity contribution in [3.8, 4) is 0 Å². The number of nitro groups is 1. The number of nitrogens with zero attached hydrogens (tertiary/aromatic N) is 1. The van der Waals surface area contributed by atoms with Gasteiger partial charge in [0.05, 0.1) is 4.92 Å². The van der Waals surface area contributed by atoms with E-state index in [1.54, 1.807) is 6.07 Å². The van der Waals surface area contributed by atoms with Crippen LogP contribution in [0.2, 0.25) is 0 Å². The molecule has 0 aliphatic carbocycles. The minimum absolute atomic E-state index is 0.0436. The van der Waals surface area contributed by atoms with Crippen LogP contribution in [0.3, 0.4) is 0 Å². The van der Waals surface area contributed by atoms with Crippen LogP contribution < -0.4 is 10.6 Å². The number of anilines is 1. The van der Waals surface area contributed by atoms with Gasteiger partial charge in [-0.1, -0.05) is 60.7 Å². The third-order valence-electron chi connectivity index (χ3n) is 4.94. The van der Waals surface area contributed by atoms with Crippen LogP contribution in [0.15, 0.2) is 72.8 Å². The van der Waals surface area contributed by atoms with Gasteiger partial charge in [-0.3, -0.25) is 14.9 Å². The molecule has 0 fully saturated rings. The summed E-state index contributed by atoms with van der Waals surface area (Å²) in [6, 6.07) is 23.0. The predicted molar refractivity (Wildman–Crippen MR) is 113 cm³/mol. The first kappa shape index (κ1) is 20.2. The Morgan fingerprint density at radius 3 is 2.00 bits per heavy atom. The van der Waals surface area contributed by atoms with Crippen molar-refractivity contribution < 1.29 is 15.0 Å². The first-order valence-corrected chi connectivity index (χ1v) is 9.44. The summed E-state index contributed by atoms with van der Waals surface area (Å²) in [5.41, 5.74) is 4.01. The predicted octanol–water partition coefficient (Wildman–Crippen LogP) is 3.50. The minimum Gasteiger partial charge on any atom is -0.328 e. The first-order valence-electron chi connectivity index (χ1n) is 9.44. The number of aryl methyl sites for hydroxylation is 2. The Morgan fingerprint density at radius 1 is 0.966 bits per heavy atom. The number of nitrogens with two attached hydrogens (primary N) is 1. The average molecular weight is 390 g/mol. The van der Waals surface area contributed by atoms with E-state index in [9.17, 15) is 14.9 Å². The normalized spacial score (nSPS) is 10.7. The summed E-state index contributed by atoms with van der Waals surface area (Å²) < 4.78 is 0. The molecule has 0 saturated heterocycles. The number of nitro benzene ring substituents is 1. The fourth-order valence-electron chi connectivity index (χ4n) is 3.26. The van der Waals surface area contributed by atoms with Gasteiger partial charge in [-0.15, -0.1) is 0 Å². The Labute approximate surface area is 169 Å². The molecule has 6 heteroatoms. The average Bonchev–Trinajstić information content (AvgIpc) is 2.72. The van der Waals surface area contributed by atoms with Crippen molar-refractivity contribution in [2.24, 2.45) is 0 Å². The SMILES string of the molecule is Cc1cc(NC(=O)C[NH2+]C(c2ccccc2)c2ccccc2)c([N+](=O)[O-])cc1C. The molecule has 0 bridgehead atoms. The highest BCUT2D eigenvalue weighted by atomic mass is 16.6. The van der Waals surface area contributed by atoms with E-state index >= 15 is 0 Å². The monoisotopic (exact) mass is 390 g/mol. The van der Waals surface area contributed by atoms with E-state index in [-0.39, 0.29) is 29.9 Å². The van der Waals surface area contributed by atoms with Gasteiger partial charge in [0.15, 0.2) is 6.54 Å². The third-order valence-corrected chi connectivity index (χ3v) is 4.94. The number of nitrogens with one attached hydrogen (secondary N) is 1. The Kier molecular flexibility index (Phi) is 6.36. The summed E-state index contributed by atoms with van der Waals surface area (Å²) in [5, 5.41) is 16.0. The Balaban J connectivity index is 1.76. The fourth-order valence-corrected chi connectivity index (χ4v) is 3.26. The van der Waals surface area contributed by atoms with Crippen LogP contribution in [0, 0.1) is 24.0 Å². The zero-order valence-corrected chi connectivity index (χ0v) is 16.5. The number of carbonyl (C=O) groups is 1. The van der Waals surface area contributed by atoms with Gasteiger partial charge in [0, 0.05) is 17.2 Å². The molecule has 0 spiro atoms. The molecule has 3 aromatic rings. The van der Waals surface area contributed by atoms with E-state index in [2.05, 4.69) is 5.32 Å². The van der Waals surface area contributed by atoms with E-state index in [0.29, 0.717) is 0 Å². The number of hydrogen-bond acceptors (Lipinski definition) is 3. The second kappa shape index (κ2) is 9.12. The molecule has 0 heterocycles. The van der Waals surface area contributed by atoms with Gasteiger partial charge in [-0.25, -0.2) is 0 Å². The topological polar surface area (TPSA) is 88.8 Å². The van der Waals surface area contributed by atoms with E-state index in [4.69, 9.17) is 0 Å². The molecule has 0 radical (unpaired) electrons. The van der Waals surface area contributed by atoms with Crippen molar-refractivity contribution in [2.75, 3.05) is 11.9 Å². The lowest BCUT2D eigenvalue weighted by Crippen LogP contribution is -2.87. The van der Waals surface area contributed by atoms with Crippen LogP contribution in [0.1, 0.15) is 28.3 Å². The van der Waals surface area contributed by atoms with Crippen LogP contribution in [0.25, 0.3) is 0 Å². The van der Waals surface area contributed by atoms with Crippen molar-refractivity contribution >= 4 is 17.3 Å². The van der Waals surface area contributed by atoms with E-state index in [1.807, 2.05) is 79.8 Å². The third kappa shape index (κ3) is 5.06. The van der Waals surface area contributed by atoms with Gasteiger partial charge in [0.25, 0.3) is 11.6 Å². The van der Waals surface area contributed by atoms with Crippen LogP contribution in [-0.4, -0.2) is 17.4 Å². The van der Waals surface area contributed by atoms with Gasteiger partial charge < -0.3 is 10.6 Å². The molecular formula is C23H24N3O3+.